The average molecular weight is 446 g/mol. The van der Waals surface area contributed by atoms with Gasteiger partial charge in [0.1, 0.15) is 17.5 Å². The Balaban J connectivity index is 1.47. The van der Waals surface area contributed by atoms with Gasteiger partial charge in [0, 0.05) is 30.4 Å². The summed E-state index contributed by atoms with van der Waals surface area (Å²) < 4.78 is 13.4. The van der Waals surface area contributed by atoms with Crippen molar-refractivity contribution in [2.24, 2.45) is 0 Å². The Kier molecular flexibility index (Phi) is 6.13. The Labute approximate surface area is 193 Å². The lowest BCUT2D eigenvalue weighted by atomic mass is 9.98. The number of anilines is 1. The van der Waals surface area contributed by atoms with Crippen LogP contribution in [0.4, 0.5) is 10.2 Å². The minimum atomic E-state index is -0.222. The largest absolute Gasteiger partial charge is 0.290 e. The Hall–Kier alpha value is -3.19. The molecule has 2 aliphatic rings. The summed E-state index contributed by atoms with van der Waals surface area (Å²) in [6.07, 6.45) is 6.07. The summed E-state index contributed by atoms with van der Waals surface area (Å²) >= 11 is 0. The number of carbonyl (C=O) groups excluding carboxylic acids is 1. The summed E-state index contributed by atoms with van der Waals surface area (Å²) in [5.41, 5.74) is 3.91. The monoisotopic (exact) mass is 445 g/mol. The van der Waals surface area contributed by atoms with Crippen molar-refractivity contribution in [3.8, 4) is 0 Å². The number of rotatable bonds is 5. The third-order valence-electron chi connectivity index (χ3n) is 6.61. The van der Waals surface area contributed by atoms with E-state index in [4.69, 9.17) is 9.97 Å². The molecule has 1 fully saturated rings. The van der Waals surface area contributed by atoms with E-state index in [1.54, 1.807) is 11.1 Å². The molecule has 1 saturated heterocycles. The van der Waals surface area contributed by atoms with Crippen LogP contribution in [0.1, 0.15) is 60.1 Å². The molecule has 1 amide bonds. The molecule has 0 bridgehead atoms. The van der Waals surface area contributed by atoms with E-state index in [9.17, 15) is 9.18 Å². The molecule has 5 rings (SSSR count). The third-order valence-corrected chi connectivity index (χ3v) is 6.61. The van der Waals surface area contributed by atoms with E-state index in [1.807, 2.05) is 37.3 Å². The maximum absolute atomic E-state index is 13.4. The third kappa shape index (κ3) is 4.64. The van der Waals surface area contributed by atoms with E-state index in [2.05, 4.69) is 9.88 Å². The number of halogens is 1. The second-order valence-corrected chi connectivity index (χ2v) is 8.88. The normalized spacial score (nSPS) is 18.9. The molecule has 33 heavy (non-hydrogen) atoms. The number of aromatic nitrogens is 3. The Morgan fingerprint density at radius 1 is 1.03 bits per heavy atom. The lowest BCUT2D eigenvalue weighted by Crippen LogP contribution is -2.38. The maximum Gasteiger partial charge on any atom is 0.228 e. The minimum Gasteiger partial charge on any atom is -0.290 e. The molecule has 3 aromatic rings. The number of carbonyl (C=O) groups is 1. The minimum absolute atomic E-state index is 0.0709. The molecule has 2 aromatic heterocycles. The average Bonchev–Trinajstić information content (AvgIpc) is 2.83. The summed E-state index contributed by atoms with van der Waals surface area (Å²) in [6, 6.07) is 12.5. The van der Waals surface area contributed by atoms with Crippen LogP contribution in [0, 0.1) is 12.7 Å². The van der Waals surface area contributed by atoms with Crippen molar-refractivity contribution in [3.05, 3.63) is 82.8 Å². The number of fused-ring (bicyclic) bond motifs is 1. The van der Waals surface area contributed by atoms with Gasteiger partial charge in [-0.25, -0.2) is 14.4 Å². The fourth-order valence-corrected chi connectivity index (χ4v) is 4.87. The standard InChI is InChI=1S/C26H28FN5O/c1-18-22-12-13-24(33)32(17-21-6-2-4-14-28-21)26(22)30-25(29-18)23-7-3-5-15-31(23)16-19-8-10-20(27)11-9-19/h2,4,6,8-11,14,23H,3,5,7,12-13,15-17H2,1H3/t23-/m0/s1. The van der Waals surface area contributed by atoms with Crippen molar-refractivity contribution in [2.75, 3.05) is 11.4 Å². The zero-order valence-electron chi connectivity index (χ0n) is 18.9. The van der Waals surface area contributed by atoms with Gasteiger partial charge in [0.2, 0.25) is 5.91 Å². The summed E-state index contributed by atoms with van der Waals surface area (Å²) in [4.78, 5) is 31.4. The van der Waals surface area contributed by atoms with Crippen LogP contribution in [0.15, 0.2) is 48.7 Å². The van der Waals surface area contributed by atoms with E-state index >= 15 is 0 Å². The second-order valence-electron chi connectivity index (χ2n) is 8.88. The van der Waals surface area contributed by atoms with Crippen LogP contribution < -0.4 is 4.90 Å². The smallest absolute Gasteiger partial charge is 0.228 e. The molecule has 1 atom stereocenters. The number of amides is 1. The molecule has 0 unspecified atom stereocenters. The molecule has 0 radical (unpaired) electrons. The molecule has 4 heterocycles. The first kappa shape index (κ1) is 21.6. The highest BCUT2D eigenvalue weighted by Crippen LogP contribution is 2.35. The fourth-order valence-electron chi connectivity index (χ4n) is 4.87. The van der Waals surface area contributed by atoms with Gasteiger partial charge in [0.15, 0.2) is 0 Å². The number of hydrogen-bond acceptors (Lipinski definition) is 5. The Morgan fingerprint density at radius 2 is 1.88 bits per heavy atom. The summed E-state index contributed by atoms with van der Waals surface area (Å²) in [6.45, 7) is 4.09. The first-order valence-electron chi connectivity index (χ1n) is 11.6. The van der Waals surface area contributed by atoms with Crippen LogP contribution in [0.5, 0.6) is 0 Å². The van der Waals surface area contributed by atoms with Crippen molar-refractivity contribution < 1.29 is 9.18 Å². The van der Waals surface area contributed by atoms with Gasteiger partial charge >= 0.3 is 0 Å². The van der Waals surface area contributed by atoms with Gasteiger partial charge in [-0.2, -0.15) is 0 Å². The van der Waals surface area contributed by atoms with Crippen molar-refractivity contribution in [1.29, 1.82) is 0 Å². The van der Waals surface area contributed by atoms with Crippen LogP contribution in [0.2, 0.25) is 0 Å². The highest BCUT2D eigenvalue weighted by Gasteiger charge is 2.32. The summed E-state index contributed by atoms with van der Waals surface area (Å²) in [5, 5.41) is 0. The maximum atomic E-state index is 13.4. The van der Waals surface area contributed by atoms with Crippen molar-refractivity contribution in [1.82, 2.24) is 19.9 Å². The topological polar surface area (TPSA) is 62.2 Å². The number of benzene rings is 1. The van der Waals surface area contributed by atoms with E-state index in [1.165, 1.54) is 12.1 Å². The molecular formula is C26H28FN5O. The second kappa shape index (κ2) is 9.35. The molecule has 170 valence electrons. The lowest BCUT2D eigenvalue weighted by Gasteiger charge is -2.36. The first-order valence-corrected chi connectivity index (χ1v) is 11.6. The van der Waals surface area contributed by atoms with E-state index in [0.717, 1.165) is 66.5 Å². The molecule has 6 nitrogen and oxygen atoms in total. The molecule has 0 N–H and O–H groups in total. The van der Waals surface area contributed by atoms with Crippen molar-refractivity contribution >= 4 is 11.7 Å². The predicted octanol–water partition coefficient (Wildman–Crippen LogP) is 4.53. The Bertz CT molecular complexity index is 1140. The van der Waals surface area contributed by atoms with Gasteiger partial charge in [0.25, 0.3) is 0 Å². The highest BCUT2D eigenvalue weighted by molar-refractivity contribution is 5.95. The zero-order valence-corrected chi connectivity index (χ0v) is 18.9. The Morgan fingerprint density at radius 3 is 2.67 bits per heavy atom. The number of hydrogen-bond donors (Lipinski definition) is 0. The molecule has 1 aromatic carbocycles. The molecule has 7 heteroatoms. The summed E-state index contributed by atoms with van der Waals surface area (Å²) in [7, 11) is 0. The van der Waals surface area contributed by atoms with Crippen LogP contribution >= 0.6 is 0 Å². The van der Waals surface area contributed by atoms with E-state index < -0.39 is 0 Å². The van der Waals surface area contributed by atoms with Crippen molar-refractivity contribution in [3.63, 3.8) is 0 Å². The molecule has 0 spiro atoms. The van der Waals surface area contributed by atoms with Crippen LogP contribution in [0.25, 0.3) is 0 Å². The van der Waals surface area contributed by atoms with Crippen LogP contribution in [-0.4, -0.2) is 32.3 Å². The number of nitrogens with zero attached hydrogens (tertiary/aromatic N) is 5. The summed E-state index contributed by atoms with van der Waals surface area (Å²) in [5.74, 6) is 1.35. The number of pyridine rings is 1. The first-order chi connectivity index (χ1) is 16.1. The zero-order chi connectivity index (χ0) is 22.8. The number of piperidine rings is 1. The quantitative estimate of drug-likeness (QED) is 0.578. The highest BCUT2D eigenvalue weighted by atomic mass is 19.1. The van der Waals surface area contributed by atoms with Gasteiger partial charge in [-0.15, -0.1) is 0 Å². The van der Waals surface area contributed by atoms with Gasteiger partial charge in [-0.3, -0.25) is 19.6 Å². The fraction of sp³-hybridized carbons (Fsp3) is 0.385. The van der Waals surface area contributed by atoms with E-state index in [-0.39, 0.29) is 17.8 Å². The predicted molar refractivity (Wildman–Crippen MR) is 124 cm³/mol. The van der Waals surface area contributed by atoms with E-state index in [0.29, 0.717) is 19.4 Å². The van der Waals surface area contributed by atoms with Crippen LogP contribution in [-0.2, 0) is 24.3 Å². The molecule has 0 saturated carbocycles. The molecular weight excluding hydrogens is 417 g/mol. The number of likely N-dealkylation sites (tertiary alicyclic amines) is 1. The van der Waals surface area contributed by atoms with Crippen molar-refractivity contribution in [2.45, 2.75) is 58.2 Å². The molecule has 0 aliphatic carbocycles. The number of aryl methyl sites for hydroxylation is 1. The van der Waals surface area contributed by atoms with Gasteiger partial charge in [0.05, 0.1) is 18.3 Å². The SMILES string of the molecule is Cc1nc([C@@H]2CCCCN2Cc2ccc(F)cc2)nc2c1CCC(=O)N2Cc1ccccn1. The van der Waals surface area contributed by atoms with Gasteiger partial charge in [-0.05, 0) is 62.6 Å². The molecule has 2 aliphatic heterocycles. The lowest BCUT2D eigenvalue weighted by molar-refractivity contribution is -0.119. The van der Waals surface area contributed by atoms with Gasteiger partial charge < -0.3 is 0 Å². The van der Waals surface area contributed by atoms with Gasteiger partial charge in [-0.1, -0.05) is 24.6 Å². The van der Waals surface area contributed by atoms with Crippen LogP contribution in [0.3, 0.4) is 0 Å².